The minimum absolute atomic E-state index is 0.00474. The van der Waals surface area contributed by atoms with Gasteiger partial charge in [-0.05, 0) is 51.7 Å². The average Bonchev–Trinajstić information content (AvgIpc) is 2.77. The number of hydrogen-bond acceptors (Lipinski definition) is 5. The van der Waals surface area contributed by atoms with Crippen molar-refractivity contribution in [1.82, 2.24) is 24.0 Å². The molecule has 1 amide bonds. The van der Waals surface area contributed by atoms with Crippen LogP contribution in [0, 0.1) is 26.7 Å². The maximum atomic E-state index is 12.9. The summed E-state index contributed by atoms with van der Waals surface area (Å²) in [5.74, 6) is 0.935. The Bertz CT molecular complexity index is 1250. The van der Waals surface area contributed by atoms with Crippen LogP contribution in [0.15, 0.2) is 40.2 Å². The molecule has 8 heteroatoms. The number of rotatable bonds is 4. The van der Waals surface area contributed by atoms with Gasteiger partial charge in [-0.25, -0.2) is 9.97 Å². The van der Waals surface area contributed by atoms with Crippen molar-refractivity contribution in [2.75, 3.05) is 13.1 Å². The quantitative estimate of drug-likeness (QED) is 0.641. The number of piperidine rings is 1. The van der Waals surface area contributed by atoms with Gasteiger partial charge in [0.2, 0.25) is 5.91 Å². The van der Waals surface area contributed by atoms with Gasteiger partial charge in [0.05, 0.1) is 17.2 Å². The number of likely N-dealkylation sites (tertiary alicyclic amines) is 1. The minimum atomic E-state index is -0.172. The zero-order valence-electron chi connectivity index (χ0n) is 18.2. The molecule has 8 nitrogen and oxygen atoms in total. The highest BCUT2D eigenvalue weighted by atomic mass is 16.2. The van der Waals surface area contributed by atoms with E-state index in [4.69, 9.17) is 0 Å². The van der Waals surface area contributed by atoms with Gasteiger partial charge < -0.3 is 4.90 Å². The number of benzene rings is 1. The van der Waals surface area contributed by atoms with Gasteiger partial charge in [0.1, 0.15) is 12.4 Å². The highest BCUT2D eigenvalue weighted by Crippen LogP contribution is 2.20. The molecule has 1 saturated heterocycles. The van der Waals surface area contributed by atoms with E-state index in [-0.39, 0.29) is 23.6 Å². The van der Waals surface area contributed by atoms with Crippen LogP contribution in [0.3, 0.4) is 0 Å². The Hall–Kier alpha value is -3.29. The largest absolute Gasteiger partial charge is 0.341 e. The summed E-state index contributed by atoms with van der Waals surface area (Å²) in [6, 6.07) is 7.40. The van der Waals surface area contributed by atoms with E-state index in [1.165, 1.54) is 10.9 Å². The van der Waals surface area contributed by atoms with Gasteiger partial charge in [-0.1, -0.05) is 12.1 Å². The van der Waals surface area contributed by atoms with Crippen LogP contribution in [0.25, 0.3) is 10.9 Å². The summed E-state index contributed by atoms with van der Waals surface area (Å²) in [5, 5.41) is 0.633. The van der Waals surface area contributed by atoms with Gasteiger partial charge in [0.15, 0.2) is 0 Å². The molecular formula is C23H27N5O3. The lowest BCUT2D eigenvalue weighted by Gasteiger charge is -2.32. The number of aromatic nitrogens is 4. The standard InChI is InChI=1S/C23H27N5O3/c1-15-16(2)24-14-27(22(15)30)13-21(29)26-10-8-18(9-11-26)12-28-17(3)25-20-7-5-4-6-19(20)23(28)31/h4-7,14,18H,8-13H2,1-3H3. The van der Waals surface area contributed by atoms with Crippen molar-refractivity contribution in [3.05, 3.63) is 68.4 Å². The van der Waals surface area contributed by atoms with E-state index >= 15 is 0 Å². The Balaban J connectivity index is 1.41. The Morgan fingerprint density at radius 2 is 1.77 bits per heavy atom. The molecule has 0 aliphatic carbocycles. The molecule has 3 aromatic rings. The fraction of sp³-hybridized carbons (Fsp3) is 0.435. The molecule has 162 valence electrons. The predicted molar refractivity (Wildman–Crippen MR) is 118 cm³/mol. The Morgan fingerprint density at radius 1 is 1.06 bits per heavy atom. The van der Waals surface area contributed by atoms with Crippen molar-refractivity contribution >= 4 is 16.8 Å². The lowest BCUT2D eigenvalue weighted by molar-refractivity contribution is -0.133. The fourth-order valence-electron chi connectivity index (χ4n) is 4.15. The molecule has 1 aliphatic rings. The van der Waals surface area contributed by atoms with E-state index in [2.05, 4.69) is 9.97 Å². The van der Waals surface area contributed by atoms with Crippen LogP contribution in [0.4, 0.5) is 0 Å². The van der Waals surface area contributed by atoms with E-state index in [1.54, 1.807) is 23.3 Å². The molecule has 4 rings (SSSR count). The van der Waals surface area contributed by atoms with Gasteiger partial charge in [-0.3, -0.25) is 23.5 Å². The summed E-state index contributed by atoms with van der Waals surface area (Å²) in [6.07, 6.45) is 3.06. The van der Waals surface area contributed by atoms with Crippen LogP contribution in [-0.4, -0.2) is 43.0 Å². The maximum Gasteiger partial charge on any atom is 0.261 e. The van der Waals surface area contributed by atoms with E-state index in [0.29, 0.717) is 48.0 Å². The summed E-state index contributed by atoms with van der Waals surface area (Å²) >= 11 is 0. The smallest absolute Gasteiger partial charge is 0.261 e. The summed E-state index contributed by atoms with van der Waals surface area (Å²) in [7, 11) is 0. The van der Waals surface area contributed by atoms with Crippen LogP contribution in [-0.2, 0) is 17.9 Å². The van der Waals surface area contributed by atoms with Crippen LogP contribution >= 0.6 is 0 Å². The van der Waals surface area contributed by atoms with Gasteiger partial charge >= 0.3 is 0 Å². The third-order valence-electron chi connectivity index (χ3n) is 6.28. The number of nitrogens with zero attached hydrogens (tertiary/aromatic N) is 5. The number of hydrogen-bond donors (Lipinski definition) is 0. The van der Waals surface area contributed by atoms with Gasteiger partial charge in [0.25, 0.3) is 11.1 Å². The van der Waals surface area contributed by atoms with E-state index in [0.717, 1.165) is 18.4 Å². The second-order valence-corrected chi connectivity index (χ2v) is 8.30. The SMILES string of the molecule is Cc1ncn(CC(=O)N2CCC(Cn3c(C)nc4ccccc4c3=O)CC2)c(=O)c1C. The molecule has 3 heterocycles. The first-order valence-corrected chi connectivity index (χ1v) is 10.6. The lowest BCUT2D eigenvalue weighted by Crippen LogP contribution is -2.43. The first-order valence-electron chi connectivity index (χ1n) is 10.6. The summed E-state index contributed by atoms with van der Waals surface area (Å²) in [4.78, 5) is 48.5. The van der Waals surface area contributed by atoms with E-state index in [1.807, 2.05) is 31.2 Å². The number of amides is 1. The minimum Gasteiger partial charge on any atom is -0.341 e. The second kappa shape index (κ2) is 8.45. The molecular weight excluding hydrogens is 394 g/mol. The monoisotopic (exact) mass is 421 g/mol. The molecule has 2 aromatic heterocycles. The van der Waals surface area contributed by atoms with Crippen LogP contribution in [0.1, 0.15) is 29.9 Å². The molecule has 0 saturated carbocycles. The zero-order valence-corrected chi connectivity index (χ0v) is 18.2. The average molecular weight is 422 g/mol. The van der Waals surface area contributed by atoms with Gasteiger partial charge in [-0.15, -0.1) is 0 Å². The topological polar surface area (TPSA) is 90.1 Å². The van der Waals surface area contributed by atoms with Crippen molar-refractivity contribution in [1.29, 1.82) is 0 Å². The Labute approximate surface area is 180 Å². The number of carbonyl (C=O) groups excluding carboxylic acids is 1. The molecule has 0 spiro atoms. The molecule has 1 aromatic carbocycles. The Morgan fingerprint density at radius 3 is 2.52 bits per heavy atom. The molecule has 0 radical (unpaired) electrons. The number of para-hydroxylation sites is 1. The molecule has 0 bridgehead atoms. The van der Waals surface area contributed by atoms with Crippen molar-refractivity contribution in [3.8, 4) is 0 Å². The van der Waals surface area contributed by atoms with Crippen LogP contribution < -0.4 is 11.1 Å². The number of carbonyl (C=O) groups is 1. The second-order valence-electron chi connectivity index (χ2n) is 8.30. The van der Waals surface area contributed by atoms with Crippen LogP contribution in [0.2, 0.25) is 0 Å². The number of fused-ring (bicyclic) bond motifs is 1. The van der Waals surface area contributed by atoms with Crippen molar-refractivity contribution in [2.45, 2.75) is 46.7 Å². The van der Waals surface area contributed by atoms with Crippen molar-refractivity contribution in [2.24, 2.45) is 5.92 Å². The Kier molecular flexibility index (Phi) is 5.71. The lowest BCUT2D eigenvalue weighted by atomic mass is 9.96. The summed E-state index contributed by atoms with van der Waals surface area (Å²) in [5.41, 5.74) is 1.79. The fourth-order valence-corrected chi connectivity index (χ4v) is 4.15. The molecule has 0 unspecified atom stereocenters. The summed E-state index contributed by atoms with van der Waals surface area (Å²) < 4.78 is 3.13. The highest BCUT2D eigenvalue weighted by Gasteiger charge is 2.24. The normalized spacial score (nSPS) is 14.9. The molecule has 1 fully saturated rings. The summed E-state index contributed by atoms with van der Waals surface area (Å²) in [6.45, 7) is 7.21. The molecule has 0 N–H and O–H groups in total. The van der Waals surface area contributed by atoms with Gasteiger partial charge in [-0.2, -0.15) is 0 Å². The molecule has 0 atom stereocenters. The first-order chi connectivity index (χ1) is 14.8. The van der Waals surface area contributed by atoms with E-state index < -0.39 is 0 Å². The molecule has 1 aliphatic heterocycles. The number of aryl methyl sites for hydroxylation is 2. The van der Waals surface area contributed by atoms with Crippen molar-refractivity contribution in [3.63, 3.8) is 0 Å². The third-order valence-corrected chi connectivity index (χ3v) is 6.28. The van der Waals surface area contributed by atoms with E-state index in [9.17, 15) is 14.4 Å². The van der Waals surface area contributed by atoms with Crippen LogP contribution in [0.5, 0.6) is 0 Å². The highest BCUT2D eigenvalue weighted by molar-refractivity contribution is 5.77. The molecule has 31 heavy (non-hydrogen) atoms. The maximum absolute atomic E-state index is 12.9. The van der Waals surface area contributed by atoms with Gasteiger partial charge in [0, 0.05) is 30.9 Å². The predicted octanol–water partition coefficient (Wildman–Crippen LogP) is 1.82. The first kappa shape index (κ1) is 21.0. The zero-order chi connectivity index (χ0) is 22.1. The third kappa shape index (κ3) is 4.15. The van der Waals surface area contributed by atoms with Crippen molar-refractivity contribution < 1.29 is 4.79 Å².